The maximum Gasteiger partial charge on any atom is 0.215 e. The zero-order valence-corrected chi connectivity index (χ0v) is 20.0. The third kappa shape index (κ3) is 3.83. The predicted molar refractivity (Wildman–Crippen MR) is 151 cm³/mol. The van der Waals surface area contributed by atoms with Crippen molar-refractivity contribution in [2.75, 3.05) is 4.90 Å². The van der Waals surface area contributed by atoms with Gasteiger partial charge in [0.1, 0.15) is 0 Å². The van der Waals surface area contributed by atoms with Gasteiger partial charge in [0.15, 0.2) is 0 Å². The van der Waals surface area contributed by atoms with Crippen LogP contribution in [-0.4, -0.2) is 19.9 Å². The largest absolute Gasteiger partial charge is 0.323 e. The smallest absolute Gasteiger partial charge is 0.215 e. The molecular formula is C32H23N5. The fourth-order valence-electron chi connectivity index (χ4n) is 4.81. The monoisotopic (exact) mass is 477 g/mol. The number of rotatable bonds is 5. The van der Waals surface area contributed by atoms with Crippen LogP contribution in [0.25, 0.3) is 44.3 Å². The van der Waals surface area contributed by atoms with Crippen LogP contribution in [0.4, 0.5) is 17.6 Å². The average molecular weight is 478 g/mol. The van der Waals surface area contributed by atoms with Crippen molar-refractivity contribution in [1.82, 2.24) is 19.9 Å². The number of imidazole rings is 2. The van der Waals surface area contributed by atoms with Crippen LogP contribution in [0.15, 0.2) is 127 Å². The Morgan fingerprint density at radius 3 is 1.54 bits per heavy atom. The van der Waals surface area contributed by atoms with Gasteiger partial charge in [-0.15, -0.1) is 0 Å². The molecule has 5 heteroatoms. The first-order valence-electron chi connectivity index (χ1n) is 12.3. The van der Waals surface area contributed by atoms with E-state index in [-0.39, 0.29) is 0 Å². The molecule has 0 saturated heterocycles. The zero-order valence-electron chi connectivity index (χ0n) is 20.0. The number of aromatic nitrogens is 4. The van der Waals surface area contributed by atoms with Gasteiger partial charge < -0.3 is 9.97 Å². The Morgan fingerprint density at radius 1 is 0.459 bits per heavy atom. The second kappa shape index (κ2) is 8.81. The number of hydrogen-bond acceptors (Lipinski definition) is 3. The number of fused-ring (bicyclic) bond motifs is 2. The number of benzene rings is 5. The van der Waals surface area contributed by atoms with Crippen molar-refractivity contribution in [3.05, 3.63) is 127 Å². The van der Waals surface area contributed by atoms with Crippen molar-refractivity contribution in [3.63, 3.8) is 0 Å². The Hall–Kier alpha value is -5.16. The lowest BCUT2D eigenvalue weighted by atomic mass is 9.97. The van der Waals surface area contributed by atoms with Crippen molar-refractivity contribution < 1.29 is 0 Å². The molecule has 0 amide bonds. The molecule has 5 aromatic carbocycles. The second-order valence-electron chi connectivity index (χ2n) is 8.95. The van der Waals surface area contributed by atoms with E-state index in [2.05, 4.69) is 81.6 Å². The second-order valence-corrected chi connectivity index (χ2v) is 8.95. The van der Waals surface area contributed by atoms with Crippen LogP contribution >= 0.6 is 0 Å². The molecule has 5 nitrogen and oxygen atoms in total. The van der Waals surface area contributed by atoms with E-state index >= 15 is 0 Å². The molecule has 0 fully saturated rings. The van der Waals surface area contributed by atoms with E-state index in [1.807, 2.05) is 60.7 Å². The molecular weight excluding hydrogens is 454 g/mol. The molecule has 2 heterocycles. The molecule has 0 atom stereocenters. The first-order chi connectivity index (χ1) is 18.3. The summed E-state index contributed by atoms with van der Waals surface area (Å²) in [6.07, 6.45) is 0. The van der Waals surface area contributed by atoms with E-state index in [0.717, 1.165) is 50.0 Å². The molecule has 0 aliphatic heterocycles. The minimum absolute atomic E-state index is 0.697. The van der Waals surface area contributed by atoms with Gasteiger partial charge in [-0.3, -0.25) is 0 Å². The zero-order chi connectivity index (χ0) is 24.6. The molecule has 0 spiro atoms. The van der Waals surface area contributed by atoms with Gasteiger partial charge in [0.05, 0.1) is 27.8 Å². The first kappa shape index (κ1) is 21.1. The number of nitrogens with one attached hydrogen (secondary N) is 2. The molecule has 37 heavy (non-hydrogen) atoms. The average Bonchev–Trinajstić information content (AvgIpc) is 3.58. The van der Waals surface area contributed by atoms with E-state index in [9.17, 15) is 0 Å². The summed E-state index contributed by atoms with van der Waals surface area (Å²) < 4.78 is 0. The van der Waals surface area contributed by atoms with Crippen LogP contribution in [0.1, 0.15) is 0 Å². The summed E-state index contributed by atoms with van der Waals surface area (Å²) in [5.74, 6) is 1.39. The van der Waals surface area contributed by atoms with Crippen LogP contribution in [0, 0.1) is 0 Å². The van der Waals surface area contributed by atoms with E-state index in [0.29, 0.717) is 11.9 Å². The Bertz CT molecular complexity index is 1690. The molecule has 2 aromatic heterocycles. The van der Waals surface area contributed by atoms with Crippen LogP contribution in [0.3, 0.4) is 0 Å². The summed E-state index contributed by atoms with van der Waals surface area (Å²) in [4.78, 5) is 19.1. The van der Waals surface area contributed by atoms with E-state index in [4.69, 9.17) is 9.97 Å². The molecule has 7 rings (SSSR count). The topological polar surface area (TPSA) is 60.6 Å². The minimum Gasteiger partial charge on any atom is -0.323 e. The minimum atomic E-state index is 0.697. The molecule has 0 bridgehead atoms. The number of anilines is 3. The number of aromatic amines is 2. The van der Waals surface area contributed by atoms with Gasteiger partial charge in [-0.25, -0.2) is 14.9 Å². The van der Waals surface area contributed by atoms with Crippen LogP contribution in [0.5, 0.6) is 0 Å². The molecule has 0 saturated carbocycles. The van der Waals surface area contributed by atoms with E-state index in [1.165, 1.54) is 0 Å². The van der Waals surface area contributed by atoms with Crippen molar-refractivity contribution in [3.8, 4) is 22.3 Å². The molecule has 0 radical (unpaired) electrons. The van der Waals surface area contributed by atoms with Crippen LogP contribution in [-0.2, 0) is 0 Å². The Labute approximate surface area is 214 Å². The van der Waals surface area contributed by atoms with Crippen molar-refractivity contribution in [1.29, 1.82) is 0 Å². The van der Waals surface area contributed by atoms with E-state index in [1.54, 1.807) is 0 Å². The summed E-state index contributed by atoms with van der Waals surface area (Å²) in [6, 6.07) is 43.6. The molecule has 0 aliphatic carbocycles. The van der Waals surface area contributed by atoms with Crippen molar-refractivity contribution in [2.24, 2.45) is 0 Å². The highest BCUT2D eigenvalue weighted by Crippen LogP contribution is 2.41. The lowest BCUT2D eigenvalue weighted by Gasteiger charge is -2.23. The summed E-state index contributed by atoms with van der Waals surface area (Å²) >= 11 is 0. The molecule has 7 aromatic rings. The fourth-order valence-corrected chi connectivity index (χ4v) is 4.81. The van der Waals surface area contributed by atoms with Crippen molar-refractivity contribution >= 4 is 39.7 Å². The van der Waals surface area contributed by atoms with Crippen LogP contribution < -0.4 is 4.90 Å². The van der Waals surface area contributed by atoms with Crippen LogP contribution in [0.2, 0.25) is 0 Å². The SMILES string of the molecule is c1ccc(-c2ccc(-c3ccccc3)c(N(c3nc4ccccc4[nH]3)c3nc4ccccc4[nH]3)c2)cc1. The van der Waals surface area contributed by atoms with Gasteiger partial charge in [-0.1, -0.05) is 97.1 Å². The highest BCUT2D eigenvalue weighted by atomic mass is 15.3. The molecule has 0 aliphatic rings. The Balaban J connectivity index is 1.52. The fraction of sp³-hybridized carbons (Fsp3) is 0. The Kier molecular flexibility index (Phi) is 5.03. The van der Waals surface area contributed by atoms with Gasteiger partial charge in [0.25, 0.3) is 0 Å². The summed E-state index contributed by atoms with van der Waals surface area (Å²) in [5, 5.41) is 0. The first-order valence-corrected chi connectivity index (χ1v) is 12.3. The number of nitrogens with zero attached hydrogens (tertiary/aromatic N) is 3. The highest BCUT2D eigenvalue weighted by Gasteiger charge is 2.23. The van der Waals surface area contributed by atoms with Gasteiger partial charge in [-0.05, 0) is 47.0 Å². The third-order valence-electron chi connectivity index (χ3n) is 6.61. The number of H-pyrrole nitrogens is 2. The van der Waals surface area contributed by atoms with Gasteiger partial charge >= 0.3 is 0 Å². The maximum absolute atomic E-state index is 4.98. The molecule has 176 valence electrons. The Morgan fingerprint density at radius 2 is 0.973 bits per heavy atom. The molecule has 0 unspecified atom stereocenters. The van der Waals surface area contributed by atoms with Gasteiger partial charge in [0.2, 0.25) is 11.9 Å². The highest BCUT2D eigenvalue weighted by molar-refractivity contribution is 5.91. The van der Waals surface area contributed by atoms with Gasteiger partial charge in [-0.2, -0.15) is 0 Å². The summed E-state index contributed by atoms with van der Waals surface area (Å²) in [5.41, 5.74) is 9.20. The standard InChI is InChI=1S/C32H23N5/c1-3-11-22(12-4-1)24-19-20-25(23-13-5-2-6-14-23)30(21-24)37(31-33-26-15-7-8-16-27(26)34-31)32-35-28-17-9-10-18-29(28)36-32/h1-21H,(H,33,34)(H,35,36). The van der Waals surface area contributed by atoms with Crippen molar-refractivity contribution in [2.45, 2.75) is 0 Å². The van der Waals surface area contributed by atoms with Gasteiger partial charge in [0, 0.05) is 5.56 Å². The van der Waals surface area contributed by atoms with E-state index < -0.39 is 0 Å². The normalized spacial score (nSPS) is 11.2. The third-order valence-corrected chi connectivity index (χ3v) is 6.61. The summed E-state index contributed by atoms with van der Waals surface area (Å²) in [6.45, 7) is 0. The number of para-hydroxylation sites is 4. The predicted octanol–water partition coefficient (Wildman–Crippen LogP) is 8.24. The maximum atomic E-state index is 4.98. The quantitative estimate of drug-likeness (QED) is 0.262. The molecule has 2 N–H and O–H groups in total. The number of hydrogen-bond donors (Lipinski definition) is 2. The lowest BCUT2D eigenvalue weighted by molar-refractivity contribution is 1.09. The lowest BCUT2D eigenvalue weighted by Crippen LogP contribution is -2.14. The summed E-state index contributed by atoms with van der Waals surface area (Å²) in [7, 11) is 0.